The molecule has 15 heteroatoms. The minimum Gasteiger partial charge on any atom is -0.508 e. The van der Waals surface area contributed by atoms with E-state index in [0.29, 0.717) is 11.3 Å². The van der Waals surface area contributed by atoms with Crippen LogP contribution >= 0.6 is 0 Å². The molecule has 4 unspecified atom stereocenters. The smallest absolute Gasteiger partial charge is 0.326 e. The summed E-state index contributed by atoms with van der Waals surface area (Å²) in [6, 6.07) is 0.316. The van der Waals surface area contributed by atoms with Crippen LogP contribution in [-0.4, -0.2) is 90.8 Å². The standard InChI is InChI=1S/C23H30N6O9/c24-15(10-30)20(34)28-17(7-12-1-3-14(31)4-2-12)21(35)29-18(8-13-9-25-11-26-13)22(36)27-16(23(37)38)5-6-19(32)33/h1-4,9,11,15-18,30-31H,5-8,10,24H2,(H,25,26)(H,27,36)(H,28,34)(H,29,35)(H,32,33)(H,37,38). The average Bonchev–Trinajstić information content (AvgIpc) is 3.39. The lowest BCUT2D eigenvalue weighted by molar-refractivity contribution is -0.143. The summed E-state index contributed by atoms with van der Waals surface area (Å²) >= 11 is 0. The molecule has 10 N–H and O–H groups in total. The number of amides is 3. The third-order valence-corrected chi connectivity index (χ3v) is 5.42. The van der Waals surface area contributed by atoms with E-state index < -0.39 is 66.9 Å². The van der Waals surface area contributed by atoms with Crippen LogP contribution in [0.2, 0.25) is 0 Å². The maximum absolute atomic E-state index is 13.3. The predicted molar refractivity (Wildman–Crippen MR) is 129 cm³/mol. The first-order chi connectivity index (χ1) is 18.0. The number of hydrogen-bond acceptors (Lipinski definition) is 9. The highest BCUT2D eigenvalue weighted by Gasteiger charge is 2.31. The minimum absolute atomic E-state index is 0.0201. The van der Waals surface area contributed by atoms with E-state index in [9.17, 15) is 39.3 Å². The van der Waals surface area contributed by atoms with Crippen molar-refractivity contribution in [3.8, 4) is 5.75 Å². The number of nitrogens with two attached hydrogens (primary N) is 1. The molecule has 0 aliphatic rings. The highest BCUT2D eigenvalue weighted by molar-refractivity contribution is 5.94. The van der Waals surface area contributed by atoms with Gasteiger partial charge < -0.3 is 47.1 Å². The SMILES string of the molecule is NC(CO)C(=O)NC(Cc1ccc(O)cc1)C(=O)NC(Cc1cnc[nH]1)C(=O)NC(CCC(=O)O)C(=O)O. The van der Waals surface area contributed by atoms with Crippen molar-refractivity contribution in [2.24, 2.45) is 5.73 Å². The Morgan fingerprint density at radius 3 is 2.00 bits per heavy atom. The van der Waals surface area contributed by atoms with Gasteiger partial charge in [-0.2, -0.15) is 0 Å². The van der Waals surface area contributed by atoms with Crippen LogP contribution in [0.5, 0.6) is 5.75 Å². The van der Waals surface area contributed by atoms with E-state index in [4.69, 9.17) is 10.8 Å². The van der Waals surface area contributed by atoms with Crippen molar-refractivity contribution in [1.29, 1.82) is 0 Å². The van der Waals surface area contributed by atoms with Gasteiger partial charge in [0, 0.05) is 31.2 Å². The lowest BCUT2D eigenvalue weighted by atomic mass is 10.0. The van der Waals surface area contributed by atoms with E-state index >= 15 is 0 Å². The van der Waals surface area contributed by atoms with E-state index in [0.717, 1.165) is 0 Å². The molecule has 0 aliphatic heterocycles. The number of nitrogens with one attached hydrogen (secondary N) is 4. The number of nitrogens with zero attached hydrogens (tertiary/aromatic N) is 1. The van der Waals surface area contributed by atoms with Gasteiger partial charge in [-0.1, -0.05) is 12.1 Å². The number of carbonyl (C=O) groups excluding carboxylic acids is 3. The number of benzene rings is 1. The van der Waals surface area contributed by atoms with Gasteiger partial charge in [0.15, 0.2) is 0 Å². The molecule has 0 spiro atoms. The number of carboxylic acid groups (broad SMARTS) is 2. The number of aromatic nitrogens is 2. The zero-order chi connectivity index (χ0) is 28.2. The molecule has 0 aliphatic carbocycles. The Balaban J connectivity index is 2.27. The monoisotopic (exact) mass is 534 g/mol. The van der Waals surface area contributed by atoms with Crippen LogP contribution in [0.15, 0.2) is 36.8 Å². The summed E-state index contributed by atoms with van der Waals surface area (Å²) in [5.41, 5.74) is 6.51. The molecule has 1 aromatic carbocycles. The number of H-pyrrole nitrogens is 1. The van der Waals surface area contributed by atoms with Crippen LogP contribution < -0.4 is 21.7 Å². The normalized spacial score (nSPS) is 13.9. The number of imidazole rings is 1. The highest BCUT2D eigenvalue weighted by Crippen LogP contribution is 2.12. The average molecular weight is 535 g/mol. The van der Waals surface area contributed by atoms with Gasteiger partial charge in [-0.3, -0.25) is 19.2 Å². The van der Waals surface area contributed by atoms with Crippen LogP contribution in [0, 0.1) is 0 Å². The Hall–Kier alpha value is -4.50. The molecule has 0 radical (unpaired) electrons. The summed E-state index contributed by atoms with van der Waals surface area (Å²) in [5.74, 6) is -5.29. The second-order valence-corrected chi connectivity index (χ2v) is 8.39. The van der Waals surface area contributed by atoms with E-state index in [1.54, 1.807) is 0 Å². The van der Waals surface area contributed by atoms with Crippen molar-refractivity contribution in [3.63, 3.8) is 0 Å². The number of phenols is 1. The number of aliphatic hydroxyl groups excluding tert-OH is 1. The first-order valence-electron chi connectivity index (χ1n) is 11.5. The Morgan fingerprint density at radius 1 is 0.895 bits per heavy atom. The van der Waals surface area contributed by atoms with Gasteiger partial charge in [0.05, 0.1) is 12.9 Å². The van der Waals surface area contributed by atoms with Crippen LogP contribution in [0.25, 0.3) is 0 Å². The van der Waals surface area contributed by atoms with Gasteiger partial charge in [0.2, 0.25) is 17.7 Å². The molecule has 0 saturated heterocycles. The minimum atomic E-state index is -1.53. The van der Waals surface area contributed by atoms with Gasteiger partial charge in [-0.15, -0.1) is 0 Å². The number of aromatic hydroxyl groups is 1. The maximum atomic E-state index is 13.3. The van der Waals surface area contributed by atoms with Crippen LogP contribution in [0.1, 0.15) is 24.1 Å². The maximum Gasteiger partial charge on any atom is 0.326 e. The van der Waals surface area contributed by atoms with Gasteiger partial charge in [0.1, 0.15) is 29.9 Å². The molecule has 2 aromatic rings. The molecule has 206 valence electrons. The third-order valence-electron chi connectivity index (χ3n) is 5.42. The number of aromatic amines is 1. The lowest BCUT2D eigenvalue weighted by Gasteiger charge is -2.25. The largest absolute Gasteiger partial charge is 0.508 e. The van der Waals surface area contributed by atoms with Crippen molar-refractivity contribution in [1.82, 2.24) is 25.9 Å². The van der Waals surface area contributed by atoms with Crippen LogP contribution in [0.4, 0.5) is 0 Å². The number of phenolic OH excluding ortho intramolecular Hbond substituents is 1. The van der Waals surface area contributed by atoms with Crippen molar-refractivity contribution in [2.45, 2.75) is 49.9 Å². The first-order valence-corrected chi connectivity index (χ1v) is 11.5. The number of carbonyl (C=O) groups is 5. The van der Waals surface area contributed by atoms with Crippen molar-refractivity contribution >= 4 is 29.7 Å². The fourth-order valence-electron chi connectivity index (χ4n) is 3.33. The highest BCUT2D eigenvalue weighted by atomic mass is 16.4. The van der Waals surface area contributed by atoms with E-state index in [1.165, 1.54) is 36.8 Å². The summed E-state index contributed by atoms with van der Waals surface area (Å²) in [5, 5.41) is 44.1. The topological polar surface area (TPSA) is 257 Å². The second-order valence-electron chi connectivity index (χ2n) is 8.39. The van der Waals surface area contributed by atoms with Gasteiger partial charge >= 0.3 is 11.9 Å². The molecule has 4 atom stereocenters. The van der Waals surface area contributed by atoms with Crippen molar-refractivity contribution in [2.75, 3.05) is 6.61 Å². The lowest BCUT2D eigenvalue weighted by Crippen LogP contribution is -2.58. The Labute approximate surface area is 216 Å². The van der Waals surface area contributed by atoms with Gasteiger partial charge in [-0.05, 0) is 24.1 Å². The first kappa shape index (κ1) is 29.7. The number of rotatable bonds is 15. The fraction of sp³-hybridized carbons (Fsp3) is 0.391. The second kappa shape index (κ2) is 14.3. The van der Waals surface area contributed by atoms with Crippen LogP contribution in [-0.2, 0) is 36.8 Å². The molecule has 0 bridgehead atoms. The van der Waals surface area contributed by atoms with E-state index in [1.807, 2.05) is 0 Å². The zero-order valence-corrected chi connectivity index (χ0v) is 20.2. The molecule has 15 nitrogen and oxygen atoms in total. The quantitative estimate of drug-likeness (QED) is 0.117. The van der Waals surface area contributed by atoms with Gasteiger partial charge in [-0.25, -0.2) is 9.78 Å². The van der Waals surface area contributed by atoms with Crippen molar-refractivity contribution < 1.29 is 44.4 Å². The van der Waals surface area contributed by atoms with Crippen LogP contribution in [0.3, 0.4) is 0 Å². The number of aliphatic hydroxyl groups is 1. The summed E-state index contributed by atoms with van der Waals surface area (Å²) in [4.78, 5) is 67.6. The Morgan fingerprint density at radius 2 is 1.47 bits per heavy atom. The molecule has 1 aromatic heterocycles. The van der Waals surface area contributed by atoms with E-state index in [-0.39, 0.29) is 25.0 Å². The molecule has 0 saturated carbocycles. The zero-order valence-electron chi connectivity index (χ0n) is 20.2. The molecule has 38 heavy (non-hydrogen) atoms. The number of aliphatic carboxylic acids is 2. The molecular formula is C23H30N6O9. The summed E-state index contributed by atoms with van der Waals surface area (Å²) < 4.78 is 0. The van der Waals surface area contributed by atoms with Crippen molar-refractivity contribution in [3.05, 3.63) is 48.0 Å². The number of hydrogen-bond donors (Lipinski definition) is 9. The summed E-state index contributed by atoms with van der Waals surface area (Å²) in [6.45, 7) is -0.683. The molecule has 3 amide bonds. The van der Waals surface area contributed by atoms with E-state index in [2.05, 4.69) is 25.9 Å². The third kappa shape index (κ3) is 9.51. The predicted octanol–water partition coefficient (Wildman–Crippen LogP) is -2.38. The molecular weight excluding hydrogens is 504 g/mol. The fourth-order valence-corrected chi connectivity index (χ4v) is 3.33. The number of carboxylic acids is 2. The summed E-state index contributed by atoms with van der Waals surface area (Å²) in [7, 11) is 0. The Kier molecular flexibility index (Phi) is 11.2. The molecule has 1 heterocycles. The van der Waals surface area contributed by atoms with Gasteiger partial charge in [0.25, 0.3) is 0 Å². The molecule has 2 rings (SSSR count). The Bertz CT molecular complexity index is 1110. The summed E-state index contributed by atoms with van der Waals surface area (Å²) in [6.07, 6.45) is 1.61. The molecule has 0 fully saturated rings.